The molecular formula is C55H72O2S3. The lowest BCUT2D eigenvalue weighted by Gasteiger charge is -2.07. The quantitative estimate of drug-likeness (QED) is 0.127. The molecule has 0 spiro atoms. The molecule has 0 unspecified atom stereocenters. The maximum atomic E-state index is 5.39. The van der Waals surface area contributed by atoms with E-state index in [0.717, 1.165) is 11.5 Å². The number of hydrogen-bond donors (Lipinski definition) is 0. The Bertz CT molecular complexity index is 1690. The van der Waals surface area contributed by atoms with Crippen LogP contribution in [0.5, 0.6) is 11.5 Å². The van der Waals surface area contributed by atoms with Gasteiger partial charge in [-0.1, -0.05) is 228 Å². The third-order valence-electron chi connectivity index (χ3n) is 6.44. The smallest absolute Gasteiger partial charge is 0.230 e. The minimum Gasteiger partial charge on any atom is -0.458 e. The molecule has 0 heterocycles. The van der Waals surface area contributed by atoms with E-state index in [1.807, 2.05) is 168 Å². The van der Waals surface area contributed by atoms with Crippen LogP contribution in [0.25, 0.3) is 0 Å². The number of rotatable bonds is 10. The molecule has 5 heteroatoms. The zero-order valence-electron chi connectivity index (χ0n) is 38.4. The third kappa shape index (κ3) is 28.6. The standard InChI is InChI=1S/C18H14S2.C13H12O2.C12H10S.6C2H6/c1-3-7-15(8-4-1)19-17-11-13-18(14-12-17)20-16-9-5-2-6-10-16;1-3-7-12(8-4-1)14-11-15-13-9-5-2-6-10-13;1-3-7-11(8-4-1)13-12-9-5-2-6-10-12;6*1-2/h1-14H;1-10H,11H2;1-10H;6*1-2H3. The second-order valence-electron chi connectivity index (χ2n) is 10.1. The highest BCUT2D eigenvalue weighted by Gasteiger charge is 2.00. The van der Waals surface area contributed by atoms with Crippen molar-refractivity contribution in [2.24, 2.45) is 0 Å². The van der Waals surface area contributed by atoms with Crippen LogP contribution in [0.4, 0.5) is 0 Å². The van der Waals surface area contributed by atoms with Gasteiger partial charge in [-0.2, -0.15) is 0 Å². The third-order valence-corrected chi connectivity index (χ3v) is 9.49. The number of ether oxygens (including phenoxy) is 2. The second kappa shape index (κ2) is 43.8. The molecule has 0 saturated carbocycles. The van der Waals surface area contributed by atoms with Crippen LogP contribution >= 0.6 is 35.3 Å². The average Bonchev–Trinajstić information content (AvgIpc) is 3.36. The first kappa shape index (κ1) is 57.3. The maximum absolute atomic E-state index is 5.39. The van der Waals surface area contributed by atoms with Gasteiger partial charge in [0.25, 0.3) is 0 Å². The predicted molar refractivity (Wildman–Crippen MR) is 272 cm³/mol. The largest absolute Gasteiger partial charge is 0.458 e. The van der Waals surface area contributed by atoms with Gasteiger partial charge in [0.05, 0.1) is 0 Å². The Morgan fingerprint density at radius 2 is 0.400 bits per heavy atom. The van der Waals surface area contributed by atoms with Crippen LogP contribution < -0.4 is 9.47 Å². The Balaban J connectivity index is 0. The summed E-state index contributed by atoms with van der Waals surface area (Å²) in [7, 11) is 0. The van der Waals surface area contributed by atoms with Crippen molar-refractivity contribution in [1.29, 1.82) is 0 Å². The van der Waals surface area contributed by atoms with E-state index in [1.54, 1.807) is 35.3 Å². The zero-order chi connectivity index (χ0) is 44.9. The number of hydrogen-bond acceptors (Lipinski definition) is 5. The topological polar surface area (TPSA) is 18.5 Å². The van der Waals surface area contributed by atoms with Crippen LogP contribution in [0, 0.1) is 0 Å². The fourth-order valence-electron chi connectivity index (χ4n) is 4.14. The molecule has 7 rings (SSSR count). The van der Waals surface area contributed by atoms with Crippen LogP contribution in [-0.4, -0.2) is 6.79 Å². The molecule has 0 fully saturated rings. The van der Waals surface area contributed by atoms with Gasteiger partial charge in [-0.25, -0.2) is 0 Å². The van der Waals surface area contributed by atoms with Crippen molar-refractivity contribution >= 4 is 35.3 Å². The molecule has 0 radical (unpaired) electrons. The summed E-state index contributed by atoms with van der Waals surface area (Å²) in [6.07, 6.45) is 0. The van der Waals surface area contributed by atoms with E-state index in [2.05, 4.69) is 121 Å². The maximum Gasteiger partial charge on any atom is 0.230 e. The molecule has 0 aliphatic heterocycles. The van der Waals surface area contributed by atoms with Crippen molar-refractivity contribution in [2.75, 3.05) is 6.79 Å². The van der Waals surface area contributed by atoms with Gasteiger partial charge in [0, 0.05) is 29.4 Å². The first-order valence-electron chi connectivity index (χ1n) is 21.5. The molecule has 0 aliphatic carbocycles. The van der Waals surface area contributed by atoms with E-state index < -0.39 is 0 Å². The summed E-state index contributed by atoms with van der Waals surface area (Å²) in [5.74, 6) is 1.63. The van der Waals surface area contributed by atoms with Crippen molar-refractivity contribution in [3.05, 3.63) is 206 Å². The second-order valence-corrected chi connectivity index (χ2v) is 13.5. The van der Waals surface area contributed by atoms with E-state index >= 15 is 0 Å². The predicted octanol–water partition coefficient (Wildman–Crippen LogP) is 19.1. The molecule has 322 valence electrons. The van der Waals surface area contributed by atoms with E-state index in [9.17, 15) is 0 Å². The Labute approximate surface area is 379 Å². The Kier molecular flexibility index (Phi) is 41.8. The van der Waals surface area contributed by atoms with Crippen LogP contribution in [0.1, 0.15) is 83.1 Å². The van der Waals surface area contributed by atoms with Gasteiger partial charge in [-0.15, -0.1) is 0 Å². The molecule has 7 aromatic carbocycles. The first-order chi connectivity index (χ1) is 29.8. The fraction of sp³-hybridized carbons (Fsp3) is 0.236. The molecule has 60 heavy (non-hydrogen) atoms. The molecule has 2 nitrogen and oxygen atoms in total. The minimum absolute atomic E-state index is 0.230. The number of benzene rings is 7. The minimum atomic E-state index is 0.230. The molecule has 7 aromatic rings. The Morgan fingerprint density at radius 3 is 0.600 bits per heavy atom. The van der Waals surface area contributed by atoms with Crippen LogP contribution in [-0.2, 0) is 0 Å². The van der Waals surface area contributed by atoms with E-state index in [0.29, 0.717) is 0 Å². The van der Waals surface area contributed by atoms with E-state index in [4.69, 9.17) is 9.47 Å². The Morgan fingerprint density at radius 1 is 0.233 bits per heavy atom. The fourth-order valence-corrected chi connectivity index (χ4v) is 6.67. The highest BCUT2D eigenvalue weighted by Crippen LogP contribution is 2.32. The summed E-state index contributed by atoms with van der Waals surface area (Å²) in [6.45, 7) is 24.2. The molecule has 0 N–H and O–H groups in total. The molecule has 0 aromatic heterocycles. The monoisotopic (exact) mass is 860 g/mol. The van der Waals surface area contributed by atoms with Gasteiger partial charge in [0.15, 0.2) is 0 Å². The van der Waals surface area contributed by atoms with Gasteiger partial charge in [-0.3, -0.25) is 0 Å². The van der Waals surface area contributed by atoms with Crippen LogP contribution in [0.15, 0.2) is 236 Å². The Hall–Kier alpha value is -4.81. The van der Waals surface area contributed by atoms with Crippen molar-refractivity contribution in [3.63, 3.8) is 0 Å². The van der Waals surface area contributed by atoms with Crippen molar-refractivity contribution in [1.82, 2.24) is 0 Å². The number of para-hydroxylation sites is 2. The first-order valence-corrected chi connectivity index (χ1v) is 23.9. The van der Waals surface area contributed by atoms with Gasteiger partial charge in [-0.05, 0) is 97.1 Å². The molecular weight excluding hydrogens is 789 g/mol. The van der Waals surface area contributed by atoms with E-state index in [-0.39, 0.29) is 6.79 Å². The normalized spacial score (nSPS) is 8.60. The summed E-state index contributed by atoms with van der Waals surface area (Å²) >= 11 is 5.37. The molecule has 0 bridgehead atoms. The lowest BCUT2D eigenvalue weighted by molar-refractivity contribution is 0.120. The van der Waals surface area contributed by atoms with Crippen molar-refractivity contribution in [2.45, 2.75) is 112 Å². The van der Waals surface area contributed by atoms with Crippen LogP contribution in [0.3, 0.4) is 0 Å². The van der Waals surface area contributed by atoms with E-state index in [1.165, 1.54) is 29.4 Å². The van der Waals surface area contributed by atoms with Crippen molar-refractivity contribution in [3.8, 4) is 11.5 Å². The summed E-state index contributed by atoms with van der Waals surface area (Å²) in [6, 6.07) is 69.7. The van der Waals surface area contributed by atoms with Crippen molar-refractivity contribution < 1.29 is 9.47 Å². The van der Waals surface area contributed by atoms with Gasteiger partial charge < -0.3 is 9.47 Å². The highest BCUT2D eigenvalue weighted by molar-refractivity contribution is 8.00. The average molecular weight is 861 g/mol. The summed E-state index contributed by atoms with van der Waals surface area (Å²) in [5.41, 5.74) is 0. The van der Waals surface area contributed by atoms with Crippen LogP contribution in [0.2, 0.25) is 0 Å². The molecule has 0 saturated heterocycles. The highest BCUT2D eigenvalue weighted by atomic mass is 32.2. The zero-order valence-corrected chi connectivity index (χ0v) is 40.8. The van der Waals surface area contributed by atoms with Gasteiger partial charge in [0.1, 0.15) is 11.5 Å². The summed E-state index contributed by atoms with van der Waals surface area (Å²) < 4.78 is 10.8. The molecule has 0 amide bonds. The molecule has 0 atom stereocenters. The van der Waals surface area contributed by atoms with Gasteiger partial charge in [0.2, 0.25) is 6.79 Å². The van der Waals surface area contributed by atoms with Gasteiger partial charge >= 0.3 is 0 Å². The lowest BCUT2D eigenvalue weighted by Crippen LogP contribution is -2.05. The molecule has 0 aliphatic rings. The summed E-state index contributed by atoms with van der Waals surface area (Å²) in [4.78, 5) is 7.66. The SMILES string of the molecule is CC.CC.CC.CC.CC.CC.c1ccc(OCOc2ccccc2)cc1.c1ccc(Sc2ccc(Sc3ccccc3)cc2)cc1.c1ccc(Sc2ccccc2)cc1. The summed E-state index contributed by atoms with van der Waals surface area (Å²) in [5, 5.41) is 0. The lowest BCUT2D eigenvalue weighted by atomic mass is 10.3.